The Labute approximate surface area is 109 Å². The fourth-order valence-electron chi connectivity index (χ4n) is 1.47. The van der Waals surface area contributed by atoms with E-state index in [0.717, 1.165) is 5.56 Å². The molecular formula is C15H21NO2. The van der Waals surface area contributed by atoms with Gasteiger partial charge in [0.15, 0.2) is 0 Å². The lowest BCUT2D eigenvalue weighted by molar-refractivity contribution is -0.120. The molecule has 0 aliphatic rings. The number of hydrogen-bond acceptors (Lipinski definition) is 2. The number of aryl methyl sites for hydroxylation is 1. The van der Waals surface area contributed by atoms with Gasteiger partial charge >= 0.3 is 0 Å². The standard InChI is InChI=1S/C15H21NO2/c1-12-6-8-14(9-7-12)4-3-5-15(18)16-11-10-13(2)17/h3-4,6-9,13,17H,5,10-11H2,1-2H3,(H,16,18)/b4-3+. The summed E-state index contributed by atoms with van der Waals surface area (Å²) in [4.78, 5) is 11.4. The molecule has 0 aromatic heterocycles. The van der Waals surface area contributed by atoms with Crippen LogP contribution in [0.1, 0.15) is 30.9 Å². The van der Waals surface area contributed by atoms with Gasteiger partial charge in [-0.05, 0) is 25.8 Å². The zero-order valence-electron chi connectivity index (χ0n) is 11.0. The van der Waals surface area contributed by atoms with Crippen LogP contribution in [0.2, 0.25) is 0 Å². The third kappa shape index (κ3) is 6.21. The summed E-state index contributed by atoms with van der Waals surface area (Å²) in [5.74, 6) is -0.0148. The molecule has 98 valence electrons. The SMILES string of the molecule is Cc1ccc(/C=C/CC(=O)NCCC(C)O)cc1. The molecule has 18 heavy (non-hydrogen) atoms. The van der Waals surface area contributed by atoms with Crippen molar-refractivity contribution >= 4 is 12.0 Å². The van der Waals surface area contributed by atoms with Gasteiger partial charge in [0.05, 0.1) is 6.10 Å². The van der Waals surface area contributed by atoms with Crippen molar-refractivity contribution in [3.8, 4) is 0 Å². The molecule has 1 aromatic rings. The predicted molar refractivity (Wildman–Crippen MR) is 74.1 cm³/mol. The number of nitrogens with one attached hydrogen (secondary N) is 1. The third-order valence-corrected chi connectivity index (χ3v) is 2.58. The summed E-state index contributed by atoms with van der Waals surface area (Å²) in [6, 6.07) is 8.14. The molecule has 1 unspecified atom stereocenters. The molecule has 0 spiro atoms. The van der Waals surface area contributed by atoms with E-state index >= 15 is 0 Å². The highest BCUT2D eigenvalue weighted by Crippen LogP contribution is 2.05. The van der Waals surface area contributed by atoms with Crippen LogP contribution >= 0.6 is 0 Å². The van der Waals surface area contributed by atoms with E-state index in [0.29, 0.717) is 19.4 Å². The molecule has 3 heteroatoms. The average molecular weight is 247 g/mol. The Kier molecular flexibility index (Phi) is 6.15. The number of hydrogen-bond donors (Lipinski definition) is 2. The molecule has 1 rings (SSSR count). The van der Waals surface area contributed by atoms with Crippen molar-refractivity contribution in [1.82, 2.24) is 5.32 Å². The molecule has 0 saturated carbocycles. The van der Waals surface area contributed by atoms with Crippen molar-refractivity contribution in [2.24, 2.45) is 0 Å². The van der Waals surface area contributed by atoms with Crippen molar-refractivity contribution in [3.63, 3.8) is 0 Å². The average Bonchev–Trinajstić information content (AvgIpc) is 2.31. The Bertz CT molecular complexity index is 393. The molecule has 1 atom stereocenters. The Morgan fingerprint density at radius 1 is 1.39 bits per heavy atom. The van der Waals surface area contributed by atoms with E-state index in [1.165, 1.54) is 5.56 Å². The van der Waals surface area contributed by atoms with Crippen LogP contribution < -0.4 is 5.32 Å². The largest absolute Gasteiger partial charge is 0.393 e. The van der Waals surface area contributed by atoms with E-state index < -0.39 is 0 Å². The fourth-order valence-corrected chi connectivity index (χ4v) is 1.47. The highest BCUT2D eigenvalue weighted by molar-refractivity contribution is 5.78. The molecular weight excluding hydrogens is 226 g/mol. The van der Waals surface area contributed by atoms with E-state index in [-0.39, 0.29) is 12.0 Å². The van der Waals surface area contributed by atoms with Crippen LogP contribution in [0.15, 0.2) is 30.3 Å². The maximum atomic E-state index is 11.4. The quantitative estimate of drug-likeness (QED) is 0.810. The van der Waals surface area contributed by atoms with Crippen molar-refractivity contribution in [2.45, 2.75) is 32.8 Å². The Morgan fingerprint density at radius 3 is 2.67 bits per heavy atom. The maximum Gasteiger partial charge on any atom is 0.223 e. The van der Waals surface area contributed by atoms with Gasteiger partial charge in [-0.25, -0.2) is 0 Å². The minimum atomic E-state index is -0.367. The molecule has 1 aromatic carbocycles. The Morgan fingerprint density at radius 2 is 2.06 bits per heavy atom. The van der Waals surface area contributed by atoms with Gasteiger partial charge in [0.2, 0.25) is 5.91 Å². The molecule has 0 aliphatic carbocycles. The number of aliphatic hydroxyl groups is 1. The summed E-state index contributed by atoms with van der Waals surface area (Å²) in [5.41, 5.74) is 2.32. The zero-order chi connectivity index (χ0) is 13.4. The minimum absolute atomic E-state index is 0.0148. The molecule has 0 heterocycles. The van der Waals surface area contributed by atoms with Gasteiger partial charge in [0.1, 0.15) is 0 Å². The summed E-state index contributed by atoms with van der Waals surface area (Å²) < 4.78 is 0. The maximum absolute atomic E-state index is 11.4. The van der Waals surface area contributed by atoms with Gasteiger partial charge in [-0.1, -0.05) is 42.0 Å². The van der Waals surface area contributed by atoms with Crippen LogP contribution in [-0.4, -0.2) is 23.7 Å². The zero-order valence-corrected chi connectivity index (χ0v) is 11.0. The Balaban J connectivity index is 2.27. The van der Waals surface area contributed by atoms with Crippen molar-refractivity contribution in [3.05, 3.63) is 41.5 Å². The fraction of sp³-hybridized carbons (Fsp3) is 0.400. The number of rotatable bonds is 6. The molecule has 0 fully saturated rings. The highest BCUT2D eigenvalue weighted by atomic mass is 16.3. The molecule has 0 saturated heterocycles. The second-order valence-corrected chi connectivity index (χ2v) is 4.50. The lowest BCUT2D eigenvalue weighted by Crippen LogP contribution is -2.25. The number of benzene rings is 1. The van der Waals surface area contributed by atoms with Crippen molar-refractivity contribution in [1.29, 1.82) is 0 Å². The summed E-state index contributed by atoms with van der Waals surface area (Å²) in [6.07, 6.45) is 4.38. The van der Waals surface area contributed by atoms with Crippen molar-refractivity contribution < 1.29 is 9.90 Å². The Hall–Kier alpha value is -1.61. The molecule has 0 bridgehead atoms. The lowest BCUT2D eigenvalue weighted by Gasteiger charge is -2.05. The van der Waals surface area contributed by atoms with Gasteiger partial charge in [0, 0.05) is 13.0 Å². The monoisotopic (exact) mass is 247 g/mol. The summed E-state index contributed by atoms with van der Waals surface area (Å²) in [5, 5.41) is 11.8. The molecule has 3 nitrogen and oxygen atoms in total. The van der Waals surface area contributed by atoms with Gasteiger partial charge in [0.25, 0.3) is 0 Å². The topological polar surface area (TPSA) is 49.3 Å². The van der Waals surface area contributed by atoms with Crippen LogP contribution in [0.5, 0.6) is 0 Å². The van der Waals surface area contributed by atoms with Gasteiger partial charge in [-0.2, -0.15) is 0 Å². The van der Waals surface area contributed by atoms with E-state index in [4.69, 9.17) is 5.11 Å². The number of amides is 1. The van der Waals surface area contributed by atoms with E-state index in [1.807, 2.05) is 43.3 Å². The smallest absolute Gasteiger partial charge is 0.223 e. The molecule has 0 aliphatic heterocycles. The minimum Gasteiger partial charge on any atom is -0.393 e. The van der Waals surface area contributed by atoms with Gasteiger partial charge in [-0.15, -0.1) is 0 Å². The van der Waals surface area contributed by atoms with Crippen LogP contribution in [0.25, 0.3) is 6.08 Å². The summed E-state index contributed by atoms with van der Waals surface area (Å²) in [7, 11) is 0. The number of aliphatic hydroxyl groups excluding tert-OH is 1. The molecule has 0 radical (unpaired) electrons. The number of carbonyl (C=O) groups is 1. The lowest BCUT2D eigenvalue weighted by atomic mass is 10.1. The van der Waals surface area contributed by atoms with E-state index in [9.17, 15) is 4.79 Å². The van der Waals surface area contributed by atoms with E-state index in [1.54, 1.807) is 6.92 Å². The first-order valence-electron chi connectivity index (χ1n) is 6.26. The van der Waals surface area contributed by atoms with Crippen LogP contribution in [0.4, 0.5) is 0 Å². The van der Waals surface area contributed by atoms with Gasteiger partial charge < -0.3 is 10.4 Å². The first kappa shape index (κ1) is 14.5. The van der Waals surface area contributed by atoms with Crippen LogP contribution in [0, 0.1) is 6.92 Å². The van der Waals surface area contributed by atoms with Crippen molar-refractivity contribution in [2.75, 3.05) is 6.54 Å². The molecule has 1 amide bonds. The second kappa shape index (κ2) is 7.67. The molecule has 2 N–H and O–H groups in total. The first-order chi connectivity index (χ1) is 8.58. The van der Waals surface area contributed by atoms with Gasteiger partial charge in [-0.3, -0.25) is 4.79 Å². The summed E-state index contributed by atoms with van der Waals surface area (Å²) in [6.45, 7) is 4.28. The normalized spacial score (nSPS) is 12.6. The number of carbonyl (C=O) groups excluding carboxylic acids is 1. The van der Waals surface area contributed by atoms with Crippen LogP contribution in [0.3, 0.4) is 0 Å². The summed E-state index contributed by atoms with van der Waals surface area (Å²) >= 11 is 0. The van der Waals surface area contributed by atoms with Crippen LogP contribution in [-0.2, 0) is 4.79 Å². The second-order valence-electron chi connectivity index (χ2n) is 4.50. The highest BCUT2D eigenvalue weighted by Gasteiger charge is 1.99. The first-order valence-corrected chi connectivity index (χ1v) is 6.26. The predicted octanol–water partition coefficient (Wildman–Crippen LogP) is 2.29. The van der Waals surface area contributed by atoms with E-state index in [2.05, 4.69) is 5.32 Å². The third-order valence-electron chi connectivity index (χ3n) is 2.58.